The molecule has 0 radical (unpaired) electrons. The monoisotopic (exact) mass is 191 g/mol. The van der Waals surface area contributed by atoms with Gasteiger partial charge < -0.3 is 0 Å². The van der Waals surface area contributed by atoms with E-state index in [4.69, 9.17) is 0 Å². The van der Waals surface area contributed by atoms with Gasteiger partial charge in [0.15, 0.2) is 0 Å². The van der Waals surface area contributed by atoms with E-state index in [1.54, 1.807) is 11.8 Å². The molecule has 1 aromatic carbocycles. The third kappa shape index (κ3) is 3.07. The van der Waals surface area contributed by atoms with E-state index in [1.807, 2.05) is 25.1 Å². The van der Waals surface area contributed by atoms with Crippen LogP contribution < -0.4 is 0 Å². The minimum atomic E-state index is 0.937. The van der Waals surface area contributed by atoms with E-state index < -0.39 is 0 Å². The maximum Gasteiger partial charge on any atom is 0.0758 e. The molecule has 0 aliphatic heterocycles. The summed E-state index contributed by atoms with van der Waals surface area (Å²) in [6.07, 6.45) is 0. The van der Waals surface area contributed by atoms with Crippen molar-refractivity contribution in [1.29, 1.82) is 0 Å². The molecule has 0 bridgehead atoms. The summed E-state index contributed by atoms with van der Waals surface area (Å²) in [5, 5.41) is 0. The Hall–Kier alpha value is -1.02. The van der Waals surface area contributed by atoms with Crippen LogP contribution in [0.2, 0.25) is 0 Å². The Kier molecular flexibility index (Phi) is 3.77. The van der Waals surface area contributed by atoms with Crippen LogP contribution in [0.3, 0.4) is 0 Å². The fraction of sp³-hybridized carbons (Fsp3) is 0.182. The lowest BCUT2D eigenvalue weighted by Crippen LogP contribution is -1.79. The number of hydrogen-bond acceptors (Lipinski definition) is 2. The molecule has 0 saturated carbocycles. The van der Waals surface area contributed by atoms with E-state index >= 15 is 0 Å². The second-order valence-corrected chi connectivity index (χ2v) is 3.89. The van der Waals surface area contributed by atoms with Crippen LogP contribution in [0, 0.1) is 0 Å². The highest BCUT2D eigenvalue weighted by molar-refractivity contribution is 7.99. The molecule has 1 aromatic rings. The van der Waals surface area contributed by atoms with Gasteiger partial charge in [0, 0.05) is 10.6 Å². The van der Waals surface area contributed by atoms with Crippen molar-refractivity contribution < 1.29 is 0 Å². The first-order valence-corrected chi connectivity index (χ1v) is 5.05. The standard InChI is InChI=1S/C11H13NS/c1-9(2)8-13-11-7-5-4-6-10(11)12-3/h4-7H,1,3,8H2,2H3. The smallest absolute Gasteiger partial charge is 0.0758 e. The van der Waals surface area contributed by atoms with E-state index in [1.165, 1.54) is 10.5 Å². The third-order valence-corrected chi connectivity index (χ3v) is 2.80. The predicted octanol–water partition coefficient (Wildman–Crippen LogP) is 3.69. The molecule has 1 nitrogen and oxygen atoms in total. The van der Waals surface area contributed by atoms with E-state index in [0.29, 0.717) is 0 Å². The summed E-state index contributed by atoms with van der Waals surface area (Å²) in [6, 6.07) is 8.00. The third-order valence-electron chi connectivity index (χ3n) is 1.51. The average Bonchev–Trinajstić information content (AvgIpc) is 2.15. The van der Waals surface area contributed by atoms with Crippen LogP contribution >= 0.6 is 11.8 Å². The maximum absolute atomic E-state index is 3.95. The van der Waals surface area contributed by atoms with Gasteiger partial charge >= 0.3 is 0 Å². The van der Waals surface area contributed by atoms with Crippen molar-refractivity contribution in [2.75, 3.05) is 5.75 Å². The topological polar surface area (TPSA) is 12.4 Å². The van der Waals surface area contributed by atoms with Crippen LogP contribution in [0.15, 0.2) is 46.3 Å². The second kappa shape index (κ2) is 4.87. The summed E-state index contributed by atoms with van der Waals surface area (Å²) in [5.74, 6) is 0.937. The normalized spacial score (nSPS) is 9.62. The van der Waals surface area contributed by atoms with Crippen molar-refractivity contribution in [3.8, 4) is 0 Å². The number of hydrogen-bond donors (Lipinski definition) is 0. The molecule has 0 fully saturated rings. The molecule has 0 amide bonds. The zero-order valence-electron chi connectivity index (χ0n) is 7.79. The van der Waals surface area contributed by atoms with Crippen LogP contribution in [-0.2, 0) is 0 Å². The Balaban J connectivity index is 2.75. The highest BCUT2D eigenvalue weighted by Gasteiger charge is 1.99. The molecular formula is C11H13NS. The van der Waals surface area contributed by atoms with Gasteiger partial charge in [-0.15, -0.1) is 11.8 Å². The number of para-hydroxylation sites is 1. The first-order chi connectivity index (χ1) is 6.24. The fourth-order valence-corrected chi connectivity index (χ4v) is 1.77. The largest absolute Gasteiger partial charge is 0.263 e. The van der Waals surface area contributed by atoms with E-state index in [9.17, 15) is 0 Å². The molecule has 68 valence electrons. The van der Waals surface area contributed by atoms with Crippen molar-refractivity contribution in [2.24, 2.45) is 4.99 Å². The molecular weight excluding hydrogens is 178 g/mol. The van der Waals surface area contributed by atoms with Crippen molar-refractivity contribution >= 4 is 24.2 Å². The minimum Gasteiger partial charge on any atom is -0.263 e. The SMILES string of the molecule is C=Nc1ccccc1SCC(=C)C. The minimum absolute atomic E-state index is 0.937. The van der Waals surface area contributed by atoms with Crippen LogP contribution in [-0.4, -0.2) is 12.5 Å². The van der Waals surface area contributed by atoms with Gasteiger partial charge in [0.05, 0.1) is 5.69 Å². The van der Waals surface area contributed by atoms with Crippen LogP contribution in [0.25, 0.3) is 0 Å². The number of aliphatic imine (C=N–C) groups is 1. The van der Waals surface area contributed by atoms with Gasteiger partial charge in [-0.2, -0.15) is 0 Å². The highest BCUT2D eigenvalue weighted by Crippen LogP contribution is 2.29. The lowest BCUT2D eigenvalue weighted by molar-refractivity contribution is 1.37. The number of thioether (sulfide) groups is 1. The Morgan fingerprint density at radius 2 is 2.15 bits per heavy atom. The molecule has 0 saturated heterocycles. The molecule has 0 unspecified atom stereocenters. The predicted molar refractivity (Wildman–Crippen MR) is 61.2 cm³/mol. The molecule has 13 heavy (non-hydrogen) atoms. The van der Waals surface area contributed by atoms with Gasteiger partial charge in [-0.25, -0.2) is 0 Å². The number of nitrogens with zero attached hydrogens (tertiary/aromatic N) is 1. The van der Waals surface area contributed by atoms with Crippen molar-refractivity contribution in [2.45, 2.75) is 11.8 Å². The summed E-state index contributed by atoms with van der Waals surface area (Å²) < 4.78 is 0. The average molecular weight is 191 g/mol. The Morgan fingerprint density at radius 3 is 2.77 bits per heavy atom. The van der Waals surface area contributed by atoms with E-state index in [2.05, 4.69) is 24.4 Å². The summed E-state index contributed by atoms with van der Waals surface area (Å²) in [7, 11) is 0. The van der Waals surface area contributed by atoms with Gasteiger partial charge in [0.25, 0.3) is 0 Å². The first-order valence-electron chi connectivity index (χ1n) is 4.07. The lowest BCUT2D eigenvalue weighted by atomic mass is 10.3. The molecule has 2 heteroatoms. The number of benzene rings is 1. The zero-order valence-corrected chi connectivity index (χ0v) is 8.60. The first kappa shape index (κ1) is 10.1. The quantitative estimate of drug-likeness (QED) is 0.401. The summed E-state index contributed by atoms with van der Waals surface area (Å²) in [6.45, 7) is 9.42. The Bertz CT molecular complexity index is 318. The van der Waals surface area contributed by atoms with Crippen LogP contribution in [0.4, 0.5) is 5.69 Å². The fourth-order valence-electron chi connectivity index (χ4n) is 0.911. The molecule has 0 aromatic heterocycles. The van der Waals surface area contributed by atoms with E-state index in [0.717, 1.165) is 11.4 Å². The Labute approximate surface area is 83.6 Å². The number of rotatable bonds is 4. The van der Waals surface area contributed by atoms with Crippen LogP contribution in [0.5, 0.6) is 0 Å². The van der Waals surface area contributed by atoms with Gasteiger partial charge in [0.2, 0.25) is 0 Å². The van der Waals surface area contributed by atoms with Gasteiger partial charge in [0.1, 0.15) is 0 Å². The molecule has 0 atom stereocenters. The molecule has 0 N–H and O–H groups in total. The zero-order chi connectivity index (χ0) is 9.68. The summed E-state index contributed by atoms with van der Waals surface area (Å²) >= 11 is 1.75. The molecule has 1 rings (SSSR count). The van der Waals surface area contributed by atoms with Crippen molar-refractivity contribution in [3.63, 3.8) is 0 Å². The lowest BCUT2D eigenvalue weighted by Gasteiger charge is -2.03. The maximum atomic E-state index is 3.95. The summed E-state index contributed by atoms with van der Waals surface area (Å²) in [4.78, 5) is 5.12. The van der Waals surface area contributed by atoms with E-state index in [-0.39, 0.29) is 0 Å². The van der Waals surface area contributed by atoms with Gasteiger partial charge in [-0.1, -0.05) is 24.3 Å². The molecule has 0 heterocycles. The van der Waals surface area contributed by atoms with Crippen LogP contribution in [0.1, 0.15) is 6.92 Å². The van der Waals surface area contributed by atoms with Gasteiger partial charge in [-0.3, -0.25) is 4.99 Å². The van der Waals surface area contributed by atoms with Gasteiger partial charge in [-0.05, 0) is 25.8 Å². The van der Waals surface area contributed by atoms with Crippen molar-refractivity contribution in [3.05, 3.63) is 36.4 Å². The summed E-state index contributed by atoms with van der Waals surface area (Å²) in [5.41, 5.74) is 2.12. The molecule has 0 aliphatic rings. The molecule has 0 aliphatic carbocycles. The highest BCUT2D eigenvalue weighted by atomic mass is 32.2. The van der Waals surface area contributed by atoms with Crippen molar-refractivity contribution in [1.82, 2.24) is 0 Å². The Morgan fingerprint density at radius 1 is 1.46 bits per heavy atom. The second-order valence-electron chi connectivity index (χ2n) is 2.87. The molecule has 0 spiro atoms.